The summed E-state index contributed by atoms with van der Waals surface area (Å²) in [5.41, 5.74) is 4.69. The van der Waals surface area contributed by atoms with Crippen molar-refractivity contribution in [3.05, 3.63) is 89.7 Å². The molecule has 4 heterocycles. The van der Waals surface area contributed by atoms with E-state index in [1.807, 2.05) is 10.6 Å². The van der Waals surface area contributed by atoms with Crippen molar-refractivity contribution < 1.29 is 0 Å². The lowest BCUT2D eigenvalue weighted by molar-refractivity contribution is 0.334. The first-order chi connectivity index (χ1) is 16.3. The molecule has 5 aromatic rings. The van der Waals surface area contributed by atoms with Crippen LogP contribution in [0.5, 0.6) is 0 Å². The summed E-state index contributed by atoms with van der Waals surface area (Å²) in [5, 5.41) is 6.15. The number of benzene rings is 2. The Morgan fingerprint density at radius 1 is 0.848 bits per heavy atom. The van der Waals surface area contributed by atoms with Gasteiger partial charge in [-0.2, -0.15) is 5.10 Å². The fraction of sp³-hybridized carbons (Fsp3) is 0.286. The quantitative estimate of drug-likeness (QED) is 0.293. The summed E-state index contributed by atoms with van der Waals surface area (Å²) >= 11 is 1.80. The predicted octanol–water partition coefficient (Wildman–Crippen LogP) is 6.23. The number of fused-ring (bicyclic) bond motifs is 2. The van der Waals surface area contributed by atoms with Gasteiger partial charge < -0.3 is 4.90 Å². The Kier molecular flexibility index (Phi) is 5.66. The third-order valence-corrected chi connectivity index (χ3v) is 7.74. The Hall–Kier alpha value is -3.02. The van der Waals surface area contributed by atoms with Gasteiger partial charge >= 0.3 is 0 Å². The molecular formula is C28H28N4S. The maximum absolute atomic E-state index is 4.88. The van der Waals surface area contributed by atoms with E-state index < -0.39 is 0 Å². The first-order valence-corrected chi connectivity index (χ1v) is 12.8. The zero-order valence-electron chi connectivity index (χ0n) is 18.8. The number of hydrogen-bond acceptors (Lipinski definition) is 4. The minimum absolute atomic E-state index is 0.752. The van der Waals surface area contributed by atoms with E-state index in [1.165, 1.54) is 65.0 Å². The van der Waals surface area contributed by atoms with Crippen LogP contribution in [0, 0.1) is 0 Å². The lowest BCUT2D eigenvalue weighted by atomic mass is 10.1. The van der Waals surface area contributed by atoms with E-state index >= 15 is 0 Å². The Morgan fingerprint density at radius 2 is 1.67 bits per heavy atom. The number of hydrogen-bond donors (Lipinski definition) is 0. The van der Waals surface area contributed by atoms with Crippen molar-refractivity contribution in [3.63, 3.8) is 0 Å². The highest BCUT2D eigenvalue weighted by Gasteiger charge is 2.13. The van der Waals surface area contributed by atoms with Crippen LogP contribution in [-0.4, -0.2) is 39.1 Å². The Labute approximate surface area is 198 Å². The fourth-order valence-corrected chi connectivity index (χ4v) is 5.91. The molecule has 4 nitrogen and oxygen atoms in total. The van der Waals surface area contributed by atoms with Crippen LogP contribution >= 0.6 is 11.3 Å². The van der Waals surface area contributed by atoms with Gasteiger partial charge in [0.2, 0.25) is 0 Å². The molecule has 0 N–H and O–H groups in total. The molecule has 1 saturated heterocycles. The zero-order chi connectivity index (χ0) is 22.0. The summed E-state index contributed by atoms with van der Waals surface area (Å²) in [6.07, 6.45) is 5.89. The van der Waals surface area contributed by atoms with E-state index in [4.69, 9.17) is 10.1 Å². The Bertz CT molecular complexity index is 1340. The second kappa shape index (κ2) is 9.08. The molecule has 3 aromatic heterocycles. The van der Waals surface area contributed by atoms with E-state index in [2.05, 4.69) is 71.6 Å². The average Bonchev–Trinajstić information content (AvgIpc) is 3.59. The van der Waals surface area contributed by atoms with Gasteiger partial charge in [-0.05, 0) is 86.1 Å². The molecule has 0 aliphatic carbocycles. The molecule has 0 radical (unpaired) electrons. The molecule has 5 heteroatoms. The van der Waals surface area contributed by atoms with Crippen molar-refractivity contribution in [1.82, 2.24) is 19.5 Å². The van der Waals surface area contributed by atoms with E-state index in [-0.39, 0.29) is 0 Å². The highest BCUT2D eigenvalue weighted by molar-refractivity contribution is 7.22. The molecule has 166 valence electrons. The molecule has 0 bridgehead atoms. The van der Waals surface area contributed by atoms with Crippen molar-refractivity contribution in [2.24, 2.45) is 0 Å². The van der Waals surface area contributed by atoms with Gasteiger partial charge in [-0.1, -0.05) is 48.5 Å². The summed E-state index contributed by atoms with van der Waals surface area (Å²) in [6, 6.07) is 26.0. The number of rotatable bonds is 7. The fourth-order valence-electron chi connectivity index (χ4n) is 4.84. The second-order valence-electron chi connectivity index (χ2n) is 9.00. The SMILES string of the molecule is c1ccc2sc(-c3cccc4nc(Cc5ccc(CCCN6CCCC6)cc5)nn34)cc2c1. The average molecular weight is 453 g/mol. The summed E-state index contributed by atoms with van der Waals surface area (Å²) in [4.78, 5) is 8.63. The van der Waals surface area contributed by atoms with Crippen LogP contribution < -0.4 is 0 Å². The third-order valence-electron chi connectivity index (χ3n) is 6.61. The summed E-state index contributed by atoms with van der Waals surface area (Å²) in [6.45, 7) is 3.81. The van der Waals surface area contributed by atoms with Gasteiger partial charge in [0.15, 0.2) is 11.5 Å². The van der Waals surface area contributed by atoms with Crippen LogP contribution in [0.1, 0.15) is 36.2 Å². The molecule has 2 aromatic carbocycles. The van der Waals surface area contributed by atoms with Crippen molar-refractivity contribution in [2.45, 2.75) is 32.1 Å². The third kappa shape index (κ3) is 4.43. The van der Waals surface area contributed by atoms with Crippen LogP contribution in [0.2, 0.25) is 0 Å². The maximum Gasteiger partial charge on any atom is 0.156 e. The molecule has 1 fully saturated rings. The van der Waals surface area contributed by atoms with Gasteiger partial charge in [-0.3, -0.25) is 0 Å². The molecule has 0 amide bonds. The van der Waals surface area contributed by atoms with Crippen LogP contribution in [0.4, 0.5) is 0 Å². The van der Waals surface area contributed by atoms with Crippen LogP contribution in [0.25, 0.3) is 26.3 Å². The van der Waals surface area contributed by atoms with Gasteiger partial charge in [0.25, 0.3) is 0 Å². The molecule has 0 spiro atoms. The zero-order valence-corrected chi connectivity index (χ0v) is 19.6. The van der Waals surface area contributed by atoms with Gasteiger partial charge in [0.05, 0.1) is 10.6 Å². The first kappa shape index (κ1) is 20.6. The minimum atomic E-state index is 0.752. The van der Waals surface area contributed by atoms with E-state index in [0.29, 0.717) is 0 Å². The molecule has 0 saturated carbocycles. The van der Waals surface area contributed by atoms with Gasteiger partial charge in [-0.15, -0.1) is 11.3 Å². The maximum atomic E-state index is 4.88. The summed E-state index contributed by atoms with van der Waals surface area (Å²) in [5.74, 6) is 0.866. The van der Waals surface area contributed by atoms with E-state index in [0.717, 1.165) is 30.0 Å². The highest BCUT2D eigenvalue weighted by atomic mass is 32.1. The number of thiophene rings is 1. The van der Waals surface area contributed by atoms with Crippen molar-refractivity contribution in [3.8, 4) is 10.6 Å². The smallest absolute Gasteiger partial charge is 0.156 e. The number of aromatic nitrogens is 3. The second-order valence-corrected chi connectivity index (χ2v) is 10.1. The molecule has 1 aliphatic heterocycles. The first-order valence-electron chi connectivity index (χ1n) is 12.0. The molecule has 1 aliphatic rings. The number of likely N-dealkylation sites (tertiary alicyclic amines) is 1. The molecule has 33 heavy (non-hydrogen) atoms. The van der Waals surface area contributed by atoms with Crippen molar-refractivity contribution in [1.29, 1.82) is 0 Å². The summed E-state index contributed by atoms with van der Waals surface area (Å²) < 4.78 is 3.29. The molecule has 0 atom stereocenters. The van der Waals surface area contributed by atoms with Gasteiger partial charge in [0.1, 0.15) is 0 Å². The lowest BCUT2D eigenvalue weighted by Crippen LogP contribution is -2.20. The minimum Gasteiger partial charge on any atom is -0.303 e. The van der Waals surface area contributed by atoms with Crippen molar-refractivity contribution >= 4 is 27.1 Å². The van der Waals surface area contributed by atoms with Crippen LogP contribution in [-0.2, 0) is 12.8 Å². The Morgan fingerprint density at radius 3 is 2.52 bits per heavy atom. The standard InChI is InChI=1S/C28H28N4S/c1-2-10-25-23(8-1)20-26(33-25)24-9-5-11-28-29-27(30-32(24)28)19-22-14-12-21(13-15-22)7-6-18-31-16-3-4-17-31/h1-2,5,8-15,20H,3-4,6-7,16-19H2. The molecule has 6 rings (SSSR count). The number of aryl methyl sites for hydroxylation is 1. The monoisotopic (exact) mass is 452 g/mol. The Balaban J connectivity index is 1.17. The van der Waals surface area contributed by atoms with Crippen LogP contribution in [0.15, 0.2) is 72.8 Å². The largest absolute Gasteiger partial charge is 0.303 e. The highest BCUT2D eigenvalue weighted by Crippen LogP contribution is 2.33. The molecule has 0 unspecified atom stereocenters. The topological polar surface area (TPSA) is 33.4 Å². The number of nitrogens with zero attached hydrogens (tertiary/aromatic N) is 4. The summed E-state index contributed by atoms with van der Waals surface area (Å²) in [7, 11) is 0. The number of pyridine rings is 1. The van der Waals surface area contributed by atoms with E-state index in [1.54, 1.807) is 11.3 Å². The molecular weight excluding hydrogens is 424 g/mol. The predicted molar refractivity (Wildman–Crippen MR) is 137 cm³/mol. The lowest BCUT2D eigenvalue weighted by Gasteiger charge is -2.13. The normalized spacial score (nSPS) is 14.5. The van der Waals surface area contributed by atoms with Gasteiger partial charge in [-0.25, -0.2) is 9.50 Å². The van der Waals surface area contributed by atoms with Gasteiger partial charge in [0, 0.05) is 11.1 Å². The van der Waals surface area contributed by atoms with Crippen LogP contribution in [0.3, 0.4) is 0 Å². The van der Waals surface area contributed by atoms with E-state index in [9.17, 15) is 0 Å². The van der Waals surface area contributed by atoms with Crippen molar-refractivity contribution in [2.75, 3.05) is 19.6 Å².